The molecule has 1 N–H and O–H groups in total. The fourth-order valence-electron chi connectivity index (χ4n) is 5.74. The molecule has 2 atom stereocenters. The molecule has 1 aliphatic heterocycles. The summed E-state index contributed by atoms with van der Waals surface area (Å²) < 4.78 is 12.3. The van der Waals surface area contributed by atoms with Crippen molar-refractivity contribution in [3.8, 4) is 5.75 Å². The second kappa shape index (κ2) is 14.6. The van der Waals surface area contributed by atoms with Gasteiger partial charge in [-0.25, -0.2) is 0 Å². The minimum atomic E-state index is -0.895. The SMILES string of the molecule is C=C(C)C(C)C(C)(C)OC(=O)C(C)C(C)(C)Oc1ccc2c(c1)/C(=C/C1=C(C)C(C(=O)CCCCCC)=C(C)C=CC1)C(=O)N2. The first-order chi connectivity index (χ1) is 21.0. The van der Waals surface area contributed by atoms with Crippen molar-refractivity contribution in [1.82, 2.24) is 0 Å². The van der Waals surface area contributed by atoms with E-state index in [9.17, 15) is 14.4 Å². The summed E-state index contributed by atoms with van der Waals surface area (Å²) in [7, 11) is 0. The highest BCUT2D eigenvalue weighted by Crippen LogP contribution is 2.39. The summed E-state index contributed by atoms with van der Waals surface area (Å²) in [6.45, 7) is 23.4. The molecule has 45 heavy (non-hydrogen) atoms. The molecule has 0 bridgehead atoms. The fourth-order valence-corrected chi connectivity index (χ4v) is 5.74. The molecule has 0 aromatic heterocycles. The van der Waals surface area contributed by atoms with Gasteiger partial charge in [0.15, 0.2) is 5.78 Å². The van der Waals surface area contributed by atoms with Crippen LogP contribution in [0.15, 0.2) is 70.9 Å². The number of benzene rings is 1. The van der Waals surface area contributed by atoms with Crippen molar-refractivity contribution < 1.29 is 23.9 Å². The number of carbonyl (C=O) groups excluding carboxylic acids is 3. The first-order valence-corrected chi connectivity index (χ1v) is 16.4. The van der Waals surface area contributed by atoms with Gasteiger partial charge in [-0.3, -0.25) is 14.4 Å². The number of ether oxygens (including phenoxy) is 2. The Morgan fingerprint density at radius 1 is 1.04 bits per heavy atom. The normalized spacial score (nSPS) is 17.6. The number of ketones is 1. The quantitative estimate of drug-likeness (QED) is 0.0976. The topological polar surface area (TPSA) is 81.7 Å². The van der Waals surface area contributed by atoms with Gasteiger partial charge >= 0.3 is 5.97 Å². The minimum absolute atomic E-state index is 0.00765. The summed E-state index contributed by atoms with van der Waals surface area (Å²) >= 11 is 0. The minimum Gasteiger partial charge on any atom is -0.487 e. The molecule has 6 nitrogen and oxygen atoms in total. The molecule has 0 saturated carbocycles. The van der Waals surface area contributed by atoms with Gasteiger partial charge in [-0.15, -0.1) is 0 Å². The molecule has 6 heteroatoms. The molecule has 2 unspecified atom stereocenters. The maximum atomic E-state index is 13.3. The van der Waals surface area contributed by atoms with Gasteiger partial charge in [0, 0.05) is 34.7 Å². The first-order valence-electron chi connectivity index (χ1n) is 16.4. The van der Waals surface area contributed by atoms with Gasteiger partial charge in [0.25, 0.3) is 5.91 Å². The number of rotatable bonds is 14. The van der Waals surface area contributed by atoms with E-state index in [1.54, 1.807) is 13.0 Å². The zero-order chi connectivity index (χ0) is 33.7. The van der Waals surface area contributed by atoms with Crippen LogP contribution >= 0.6 is 0 Å². The third-order valence-corrected chi connectivity index (χ3v) is 9.51. The first kappa shape index (κ1) is 35.8. The van der Waals surface area contributed by atoms with Gasteiger partial charge < -0.3 is 14.8 Å². The molecule has 244 valence electrons. The third-order valence-electron chi connectivity index (χ3n) is 9.51. The molecule has 0 spiro atoms. The summed E-state index contributed by atoms with van der Waals surface area (Å²) in [5, 5.41) is 2.96. The van der Waals surface area contributed by atoms with Gasteiger partial charge in [0.1, 0.15) is 17.0 Å². The van der Waals surface area contributed by atoms with Crippen molar-refractivity contribution in [2.75, 3.05) is 5.32 Å². The molecule has 1 heterocycles. The molecule has 2 aliphatic rings. The Morgan fingerprint density at radius 3 is 2.38 bits per heavy atom. The van der Waals surface area contributed by atoms with Crippen molar-refractivity contribution in [2.45, 2.75) is 119 Å². The number of hydrogen-bond acceptors (Lipinski definition) is 5. The molecule has 1 aromatic rings. The maximum Gasteiger partial charge on any atom is 0.313 e. The monoisotopic (exact) mass is 615 g/mol. The fraction of sp³-hybridized carbons (Fsp3) is 0.513. The number of hydrogen-bond donors (Lipinski definition) is 1. The van der Waals surface area contributed by atoms with Gasteiger partial charge in [-0.2, -0.15) is 0 Å². The lowest BCUT2D eigenvalue weighted by molar-refractivity contribution is -0.170. The van der Waals surface area contributed by atoms with Gasteiger partial charge in [0.05, 0.1) is 5.92 Å². The van der Waals surface area contributed by atoms with Crippen LogP contribution in [0.5, 0.6) is 5.75 Å². The van der Waals surface area contributed by atoms with Crippen molar-refractivity contribution in [2.24, 2.45) is 11.8 Å². The summed E-state index contributed by atoms with van der Waals surface area (Å²) in [4.78, 5) is 39.8. The Labute approximate surface area is 270 Å². The van der Waals surface area contributed by atoms with E-state index >= 15 is 0 Å². The molecule has 0 saturated heterocycles. The Bertz CT molecular complexity index is 1470. The number of carbonyl (C=O) groups is 3. The summed E-state index contributed by atoms with van der Waals surface area (Å²) in [6, 6.07) is 5.47. The van der Waals surface area contributed by atoms with E-state index in [2.05, 4.69) is 24.9 Å². The van der Waals surface area contributed by atoms with E-state index in [0.29, 0.717) is 29.9 Å². The molecule has 0 fully saturated rings. The number of fused-ring (bicyclic) bond motifs is 1. The van der Waals surface area contributed by atoms with Crippen LogP contribution in [0.25, 0.3) is 5.57 Å². The van der Waals surface area contributed by atoms with Gasteiger partial charge in [0.2, 0.25) is 0 Å². The highest BCUT2D eigenvalue weighted by Gasteiger charge is 2.39. The lowest BCUT2D eigenvalue weighted by Gasteiger charge is -2.36. The Balaban J connectivity index is 1.88. The molecular weight excluding hydrogens is 562 g/mol. The predicted octanol–water partition coefficient (Wildman–Crippen LogP) is 9.48. The van der Waals surface area contributed by atoms with E-state index in [1.807, 2.05) is 79.7 Å². The summed E-state index contributed by atoms with van der Waals surface area (Å²) in [5.41, 5.74) is 4.85. The standard InChI is InChI=1S/C39H53NO5/c1-12-13-14-15-19-34(41)35-25(4)17-16-18-29(26(35)5)22-32-31-23-30(20-21-33(31)40-36(32)42)44-39(10,11)28(7)37(43)45-38(8,9)27(6)24(2)3/h16-17,20-23,27-28H,2,12-15,18-19H2,1,3-11H3,(H,40,42)/b32-22-. The molecule has 1 amide bonds. The van der Waals surface area contributed by atoms with Crippen LogP contribution in [-0.4, -0.2) is 28.9 Å². The van der Waals surface area contributed by atoms with Crippen molar-refractivity contribution in [3.63, 3.8) is 0 Å². The van der Waals surface area contributed by atoms with Gasteiger partial charge in [-0.1, -0.05) is 57.4 Å². The number of esters is 1. The average Bonchev–Trinajstić information content (AvgIpc) is 3.18. The highest BCUT2D eigenvalue weighted by atomic mass is 16.6. The van der Waals surface area contributed by atoms with E-state index in [4.69, 9.17) is 9.47 Å². The average molecular weight is 616 g/mol. The summed E-state index contributed by atoms with van der Waals surface area (Å²) in [5.74, 6) is -0.431. The van der Waals surface area contributed by atoms with Crippen LogP contribution in [0.4, 0.5) is 5.69 Å². The number of unbranched alkanes of at least 4 members (excludes halogenated alkanes) is 3. The second-order valence-corrected chi connectivity index (χ2v) is 13.8. The smallest absolute Gasteiger partial charge is 0.313 e. The number of nitrogens with one attached hydrogen (secondary N) is 1. The zero-order valence-electron chi connectivity index (χ0n) is 29.1. The molecular formula is C39H53NO5. The van der Waals surface area contributed by atoms with Crippen LogP contribution in [0.1, 0.15) is 113 Å². The third kappa shape index (κ3) is 8.53. The van der Waals surface area contributed by atoms with Crippen molar-refractivity contribution in [3.05, 3.63) is 76.4 Å². The van der Waals surface area contributed by atoms with Crippen molar-refractivity contribution >= 4 is 28.9 Å². The Kier molecular flexibility index (Phi) is 11.6. The van der Waals surface area contributed by atoms with Crippen LogP contribution in [-0.2, 0) is 19.1 Å². The summed E-state index contributed by atoms with van der Waals surface area (Å²) in [6.07, 6.45) is 11.3. The van der Waals surface area contributed by atoms with E-state index in [-0.39, 0.29) is 23.6 Å². The predicted molar refractivity (Wildman–Crippen MR) is 184 cm³/mol. The molecule has 1 aliphatic carbocycles. The maximum absolute atomic E-state index is 13.3. The van der Waals surface area contributed by atoms with Gasteiger partial charge in [-0.05, 0) is 109 Å². The van der Waals surface area contributed by atoms with Crippen LogP contribution < -0.4 is 10.1 Å². The number of anilines is 1. The lowest BCUT2D eigenvalue weighted by atomic mass is 9.86. The zero-order valence-corrected chi connectivity index (χ0v) is 29.1. The van der Waals surface area contributed by atoms with E-state index < -0.39 is 17.1 Å². The van der Waals surface area contributed by atoms with E-state index in [1.165, 1.54) is 0 Å². The van der Waals surface area contributed by atoms with Crippen LogP contribution in [0.3, 0.4) is 0 Å². The van der Waals surface area contributed by atoms with Crippen molar-refractivity contribution in [1.29, 1.82) is 0 Å². The molecule has 0 radical (unpaired) electrons. The van der Waals surface area contributed by atoms with E-state index in [0.717, 1.165) is 59.1 Å². The van der Waals surface area contributed by atoms with Crippen LogP contribution in [0, 0.1) is 11.8 Å². The second-order valence-electron chi connectivity index (χ2n) is 13.8. The largest absolute Gasteiger partial charge is 0.487 e. The Morgan fingerprint density at radius 2 is 1.73 bits per heavy atom. The lowest BCUT2D eigenvalue weighted by Crippen LogP contribution is -2.45. The Hall–Kier alpha value is -3.67. The van der Waals surface area contributed by atoms with Crippen LogP contribution in [0.2, 0.25) is 0 Å². The number of amides is 1. The highest BCUT2D eigenvalue weighted by molar-refractivity contribution is 6.32. The molecule has 3 rings (SSSR count). The number of allylic oxidation sites excluding steroid dienone is 7. The molecule has 1 aromatic carbocycles. The number of Topliss-reactive ketones (excluding diaryl/α,β-unsaturated/α-hetero) is 1.